The second kappa shape index (κ2) is 11.1. The molecule has 0 atom stereocenters. The standard InChI is InChI=1S/C45H29N3O/c1-3-13-29(14-4-1)43-46-44(30-15-5-2-6-16-30)48-45(47-43)36-20-11-21-41-42(36)39-26-31(23-25-40(39)49-41)37-27-38-32-17-8-7-12-28(32)22-24-35(38)33-18-9-10-19-34(33)37/h1,3-5,7-27H,2,6H2. The Morgan fingerprint density at radius 2 is 1.22 bits per heavy atom. The number of rotatable bonds is 4. The Bertz CT molecular complexity index is 2830. The molecule has 10 rings (SSSR count). The van der Waals surface area contributed by atoms with Crippen molar-refractivity contribution in [1.29, 1.82) is 0 Å². The second-order valence-corrected chi connectivity index (χ2v) is 12.7. The first-order chi connectivity index (χ1) is 24.3. The molecule has 0 spiro atoms. The molecule has 0 radical (unpaired) electrons. The Labute approximate surface area is 282 Å². The molecule has 0 amide bonds. The van der Waals surface area contributed by atoms with Gasteiger partial charge in [-0.05, 0) is 80.6 Å². The van der Waals surface area contributed by atoms with E-state index in [0.29, 0.717) is 17.5 Å². The highest BCUT2D eigenvalue weighted by Crippen LogP contribution is 2.42. The van der Waals surface area contributed by atoms with Crippen molar-refractivity contribution >= 4 is 59.8 Å². The summed E-state index contributed by atoms with van der Waals surface area (Å²) in [5.74, 6) is 1.96. The topological polar surface area (TPSA) is 51.8 Å². The summed E-state index contributed by atoms with van der Waals surface area (Å²) in [6.45, 7) is 0. The predicted octanol–water partition coefficient (Wildman–Crippen LogP) is 12.0. The van der Waals surface area contributed by atoms with Crippen LogP contribution < -0.4 is 0 Å². The maximum absolute atomic E-state index is 6.49. The van der Waals surface area contributed by atoms with E-state index in [1.54, 1.807) is 0 Å². The molecule has 49 heavy (non-hydrogen) atoms. The lowest BCUT2D eigenvalue weighted by Crippen LogP contribution is -2.03. The predicted molar refractivity (Wildman–Crippen MR) is 202 cm³/mol. The molecule has 1 aliphatic rings. The van der Waals surface area contributed by atoms with Crippen molar-refractivity contribution in [3.05, 3.63) is 158 Å². The van der Waals surface area contributed by atoms with E-state index < -0.39 is 0 Å². The molecule has 0 bridgehead atoms. The van der Waals surface area contributed by atoms with E-state index in [-0.39, 0.29) is 0 Å². The van der Waals surface area contributed by atoms with Crippen molar-refractivity contribution in [1.82, 2.24) is 15.0 Å². The summed E-state index contributed by atoms with van der Waals surface area (Å²) in [4.78, 5) is 15.1. The van der Waals surface area contributed by atoms with Crippen LogP contribution in [0.5, 0.6) is 0 Å². The molecule has 0 saturated heterocycles. The fourth-order valence-corrected chi connectivity index (χ4v) is 7.40. The molecule has 1 aliphatic carbocycles. The van der Waals surface area contributed by atoms with Gasteiger partial charge in [-0.2, -0.15) is 0 Å². The minimum Gasteiger partial charge on any atom is -0.456 e. The molecule has 0 saturated carbocycles. The van der Waals surface area contributed by atoms with Gasteiger partial charge in [-0.25, -0.2) is 15.0 Å². The van der Waals surface area contributed by atoms with E-state index >= 15 is 0 Å². The van der Waals surface area contributed by atoms with Crippen LogP contribution in [0, 0.1) is 0 Å². The summed E-state index contributed by atoms with van der Waals surface area (Å²) in [7, 11) is 0. The van der Waals surface area contributed by atoms with Crippen LogP contribution >= 0.6 is 0 Å². The Hall–Kier alpha value is -6.39. The van der Waals surface area contributed by atoms with Gasteiger partial charge >= 0.3 is 0 Å². The van der Waals surface area contributed by atoms with E-state index in [4.69, 9.17) is 19.4 Å². The average Bonchev–Trinajstić information content (AvgIpc) is 3.56. The second-order valence-electron chi connectivity index (χ2n) is 12.7. The highest BCUT2D eigenvalue weighted by Gasteiger charge is 2.19. The van der Waals surface area contributed by atoms with Crippen molar-refractivity contribution in [2.75, 3.05) is 0 Å². The van der Waals surface area contributed by atoms with Crippen molar-refractivity contribution in [3.63, 3.8) is 0 Å². The number of fused-ring (bicyclic) bond motifs is 8. The molecule has 0 N–H and O–H groups in total. The molecular weight excluding hydrogens is 599 g/mol. The van der Waals surface area contributed by atoms with Crippen LogP contribution in [-0.2, 0) is 0 Å². The van der Waals surface area contributed by atoms with Crippen LogP contribution in [-0.4, -0.2) is 15.0 Å². The highest BCUT2D eigenvalue weighted by atomic mass is 16.3. The zero-order valence-corrected chi connectivity index (χ0v) is 26.6. The smallest absolute Gasteiger partial charge is 0.164 e. The van der Waals surface area contributed by atoms with Crippen LogP contribution in [0.25, 0.3) is 93.7 Å². The van der Waals surface area contributed by atoms with Gasteiger partial charge in [-0.1, -0.05) is 127 Å². The van der Waals surface area contributed by atoms with E-state index in [0.717, 1.165) is 57.0 Å². The molecule has 4 heteroatoms. The zero-order valence-electron chi connectivity index (χ0n) is 26.6. The summed E-state index contributed by atoms with van der Waals surface area (Å²) in [5.41, 5.74) is 6.86. The summed E-state index contributed by atoms with van der Waals surface area (Å²) in [6, 6.07) is 47.1. The van der Waals surface area contributed by atoms with Crippen LogP contribution in [0.2, 0.25) is 0 Å². The quantitative estimate of drug-likeness (QED) is 0.182. The average molecular weight is 628 g/mol. The number of furan rings is 1. The number of allylic oxidation sites excluding steroid dienone is 4. The Kier molecular flexibility index (Phi) is 6.28. The van der Waals surface area contributed by atoms with Gasteiger partial charge in [0.25, 0.3) is 0 Å². The van der Waals surface area contributed by atoms with Crippen molar-refractivity contribution < 1.29 is 4.42 Å². The van der Waals surface area contributed by atoms with E-state index in [1.165, 1.54) is 37.9 Å². The highest BCUT2D eigenvalue weighted by molar-refractivity contribution is 6.21. The summed E-state index contributed by atoms with van der Waals surface area (Å²) in [5, 5.41) is 9.51. The fraction of sp³-hybridized carbons (Fsp3) is 0.0444. The first-order valence-corrected chi connectivity index (χ1v) is 16.8. The summed E-state index contributed by atoms with van der Waals surface area (Å²) >= 11 is 0. The fourth-order valence-electron chi connectivity index (χ4n) is 7.40. The lowest BCUT2D eigenvalue weighted by atomic mass is 9.90. The third-order valence-corrected chi connectivity index (χ3v) is 9.73. The SMILES string of the molecule is C1=CC(c2nc(-c3ccccc3)nc(-c3cccc4oc5ccc(-c6cc7c8ccccc8ccc7c7ccccc67)cc5c34)n2)=CCC1. The number of hydrogen-bond acceptors (Lipinski definition) is 4. The summed E-state index contributed by atoms with van der Waals surface area (Å²) < 4.78 is 6.49. The van der Waals surface area contributed by atoms with Gasteiger partial charge < -0.3 is 4.42 Å². The van der Waals surface area contributed by atoms with Crippen LogP contribution in [0.1, 0.15) is 18.7 Å². The third-order valence-electron chi connectivity index (χ3n) is 9.73. The van der Waals surface area contributed by atoms with Gasteiger partial charge in [0.15, 0.2) is 17.5 Å². The zero-order chi connectivity index (χ0) is 32.3. The molecule has 230 valence electrons. The molecule has 2 heterocycles. The van der Waals surface area contributed by atoms with Gasteiger partial charge in [-0.3, -0.25) is 0 Å². The number of aromatic nitrogens is 3. The number of hydrogen-bond donors (Lipinski definition) is 0. The van der Waals surface area contributed by atoms with E-state index in [9.17, 15) is 0 Å². The molecule has 4 nitrogen and oxygen atoms in total. The normalized spacial score (nSPS) is 13.2. The number of benzene rings is 7. The third kappa shape index (κ3) is 4.56. The van der Waals surface area contributed by atoms with Gasteiger partial charge in [-0.15, -0.1) is 0 Å². The van der Waals surface area contributed by atoms with Gasteiger partial charge in [0.2, 0.25) is 0 Å². The molecular formula is C45H29N3O. The van der Waals surface area contributed by atoms with Crippen LogP contribution in [0.15, 0.2) is 156 Å². The van der Waals surface area contributed by atoms with Gasteiger partial charge in [0.05, 0.1) is 0 Å². The molecule has 0 unspecified atom stereocenters. The number of nitrogens with zero attached hydrogens (tertiary/aromatic N) is 3. The minimum absolute atomic E-state index is 0.630. The van der Waals surface area contributed by atoms with Gasteiger partial charge in [0.1, 0.15) is 11.2 Å². The Morgan fingerprint density at radius 3 is 2.10 bits per heavy atom. The Morgan fingerprint density at radius 1 is 0.449 bits per heavy atom. The lowest BCUT2D eigenvalue weighted by Gasteiger charge is -2.13. The van der Waals surface area contributed by atoms with Crippen molar-refractivity contribution in [3.8, 4) is 33.9 Å². The maximum atomic E-state index is 6.49. The van der Waals surface area contributed by atoms with E-state index in [2.05, 4.69) is 109 Å². The minimum atomic E-state index is 0.630. The van der Waals surface area contributed by atoms with Crippen molar-refractivity contribution in [2.45, 2.75) is 12.8 Å². The summed E-state index contributed by atoms with van der Waals surface area (Å²) in [6.07, 6.45) is 8.52. The molecule has 7 aromatic carbocycles. The maximum Gasteiger partial charge on any atom is 0.164 e. The largest absolute Gasteiger partial charge is 0.456 e. The molecule has 2 aromatic heterocycles. The molecule has 0 aliphatic heterocycles. The Balaban J connectivity index is 1.22. The molecule has 9 aromatic rings. The monoisotopic (exact) mass is 627 g/mol. The first-order valence-electron chi connectivity index (χ1n) is 16.8. The first kappa shape index (κ1) is 27.7. The van der Waals surface area contributed by atoms with Crippen molar-refractivity contribution in [2.24, 2.45) is 0 Å². The molecule has 0 fully saturated rings. The van der Waals surface area contributed by atoms with Crippen LogP contribution in [0.3, 0.4) is 0 Å². The van der Waals surface area contributed by atoms with Crippen LogP contribution in [0.4, 0.5) is 0 Å². The lowest BCUT2D eigenvalue weighted by molar-refractivity contribution is 0.669. The van der Waals surface area contributed by atoms with Gasteiger partial charge in [0, 0.05) is 27.5 Å². The van der Waals surface area contributed by atoms with E-state index in [1.807, 2.05) is 42.5 Å².